The highest BCUT2D eigenvalue weighted by molar-refractivity contribution is 9.10. The second-order valence-corrected chi connectivity index (χ2v) is 10.9. The van der Waals surface area contributed by atoms with E-state index >= 15 is 0 Å². The van der Waals surface area contributed by atoms with Crippen LogP contribution in [0.25, 0.3) is 45.1 Å². The van der Waals surface area contributed by atoms with Gasteiger partial charge in [-0.3, -0.25) is 4.90 Å². The first-order chi connectivity index (χ1) is 20.2. The third-order valence-corrected chi connectivity index (χ3v) is 7.95. The summed E-state index contributed by atoms with van der Waals surface area (Å²) in [5.41, 5.74) is 6.83. The number of aromatic nitrogens is 2. The molecule has 0 aliphatic carbocycles. The van der Waals surface area contributed by atoms with Crippen molar-refractivity contribution in [3.8, 4) is 57.4 Å². The van der Waals surface area contributed by atoms with Gasteiger partial charge in [0, 0.05) is 15.6 Å². The molecule has 5 aromatic carbocycles. The van der Waals surface area contributed by atoms with E-state index in [9.17, 15) is 0 Å². The summed E-state index contributed by atoms with van der Waals surface area (Å²) in [5, 5.41) is 0. The molecule has 0 fully saturated rings. The molecule has 8 nitrogen and oxygen atoms in total. The summed E-state index contributed by atoms with van der Waals surface area (Å²) < 4.78 is 32.6. The van der Waals surface area contributed by atoms with Crippen LogP contribution < -0.4 is 19.1 Å². The van der Waals surface area contributed by atoms with E-state index in [1.165, 1.54) is 0 Å². The molecule has 0 saturated carbocycles. The standard InChI is InChI=1S/C32H14BrN3O5/c33-17-13-26-30-27(14-17)39-25-12-16(32-35-19-6-2-4-8-21(19)41-32)10-23-29(25)36(30)28-22(37-23)9-15(11-24(28)38-26)31-34-18-5-1-3-7-20(18)40-31/h1-14H. The Morgan fingerprint density at radius 1 is 0.512 bits per heavy atom. The third kappa shape index (κ3) is 2.93. The largest absolute Gasteiger partial charge is 0.453 e. The number of hydrogen-bond donors (Lipinski definition) is 0. The van der Waals surface area contributed by atoms with Crippen molar-refractivity contribution in [1.29, 1.82) is 0 Å². The highest BCUT2D eigenvalue weighted by Gasteiger charge is 2.42. The lowest BCUT2D eigenvalue weighted by Gasteiger charge is -2.42. The molecular formula is C32H14BrN3O5. The third-order valence-electron chi connectivity index (χ3n) is 7.50. The number of nitrogens with zero attached hydrogens (tertiary/aromatic N) is 3. The smallest absolute Gasteiger partial charge is 0.227 e. The van der Waals surface area contributed by atoms with Gasteiger partial charge in [-0.15, -0.1) is 0 Å². The van der Waals surface area contributed by atoms with Crippen LogP contribution in [0, 0.1) is 0 Å². The SMILES string of the molecule is Brc1cc2c3c(c1)Oc1cc(-c4nc5ccccc5o4)cc4c1N3c1c(cc(-c3nc5ccccc5o3)cc1O4)O2. The van der Waals surface area contributed by atoms with Crippen molar-refractivity contribution >= 4 is 55.2 Å². The van der Waals surface area contributed by atoms with E-state index in [0.29, 0.717) is 57.4 Å². The maximum Gasteiger partial charge on any atom is 0.227 e. The zero-order chi connectivity index (χ0) is 26.8. The number of halogens is 1. The van der Waals surface area contributed by atoms with E-state index in [1.54, 1.807) is 0 Å². The van der Waals surface area contributed by atoms with E-state index < -0.39 is 0 Å². The Morgan fingerprint density at radius 2 is 0.902 bits per heavy atom. The lowest BCUT2D eigenvalue weighted by Crippen LogP contribution is -2.24. The maximum atomic E-state index is 6.60. The van der Waals surface area contributed by atoms with E-state index in [-0.39, 0.29) is 0 Å². The van der Waals surface area contributed by atoms with Gasteiger partial charge in [-0.1, -0.05) is 40.2 Å². The van der Waals surface area contributed by atoms with Gasteiger partial charge in [0.15, 0.2) is 45.7 Å². The number of benzene rings is 5. The number of fused-ring (bicyclic) bond motifs is 2. The van der Waals surface area contributed by atoms with Crippen molar-refractivity contribution in [2.24, 2.45) is 0 Å². The van der Waals surface area contributed by atoms with Crippen LogP contribution in [0.5, 0.6) is 34.5 Å². The summed E-state index contributed by atoms with van der Waals surface area (Å²) in [4.78, 5) is 11.6. The van der Waals surface area contributed by atoms with Gasteiger partial charge in [-0.2, -0.15) is 0 Å². The number of rotatable bonds is 2. The Balaban J connectivity index is 1.22. The summed E-state index contributed by atoms with van der Waals surface area (Å²) in [7, 11) is 0. The van der Waals surface area contributed by atoms with Crippen molar-refractivity contribution in [3.63, 3.8) is 0 Å². The first-order valence-electron chi connectivity index (χ1n) is 12.9. The Labute approximate surface area is 239 Å². The predicted octanol–water partition coefficient (Wildman–Crippen LogP) is 9.85. The van der Waals surface area contributed by atoms with Gasteiger partial charge >= 0.3 is 0 Å². The maximum absolute atomic E-state index is 6.60. The van der Waals surface area contributed by atoms with Crippen LogP contribution in [0.1, 0.15) is 0 Å². The molecule has 3 aliphatic heterocycles. The van der Waals surface area contributed by atoms with Gasteiger partial charge in [-0.25, -0.2) is 9.97 Å². The van der Waals surface area contributed by atoms with Gasteiger partial charge in [0.2, 0.25) is 11.8 Å². The minimum absolute atomic E-state index is 0.479. The fourth-order valence-electron chi connectivity index (χ4n) is 5.77. The quantitative estimate of drug-likeness (QED) is 0.194. The minimum atomic E-state index is 0.479. The summed E-state index contributed by atoms with van der Waals surface area (Å²) in [5.74, 6) is 4.73. The summed E-state index contributed by atoms with van der Waals surface area (Å²) in [6.07, 6.45) is 0. The molecule has 0 amide bonds. The lowest BCUT2D eigenvalue weighted by molar-refractivity contribution is 0.417. The van der Waals surface area contributed by atoms with E-state index in [2.05, 4.69) is 20.8 Å². The molecule has 0 unspecified atom stereocenters. The van der Waals surface area contributed by atoms with Gasteiger partial charge in [-0.05, 0) is 60.7 Å². The summed E-state index contributed by atoms with van der Waals surface area (Å²) in [6.45, 7) is 0. The molecule has 9 heteroatoms. The molecule has 194 valence electrons. The molecule has 0 N–H and O–H groups in total. The summed E-state index contributed by atoms with van der Waals surface area (Å²) in [6, 6.07) is 27.0. The summed E-state index contributed by atoms with van der Waals surface area (Å²) >= 11 is 3.62. The number of oxazole rings is 2. The van der Waals surface area contributed by atoms with Crippen LogP contribution in [-0.2, 0) is 0 Å². The zero-order valence-corrected chi connectivity index (χ0v) is 22.4. The van der Waals surface area contributed by atoms with E-state index in [4.69, 9.17) is 33.0 Å². The van der Waals surface area contributed by atoms with Gasteiger partial charge < -0.3 is 23.0 Å². The van der Waals surface area contributed by atoms with Crippen molar-refractivity contribution in [2.75, 3.05) is 4.90 Å². The van der Waals surface area contributed by atoms with Crippen LogP contribution in [0.2, 0.25) is 0 Å². The molecule has 2 aromatic heterocycles. The van der Waals surface area contributed by atoms with E-state index in [0.717, 1.165) is 43.7 Å². The first-order valence-corrected chi connectivity index (χ1v) is 13.7. The highest BCUT2D eigenvalue weighted by atomic mass is 79.9. The Hall–Kier alpha value is -5.28. The van der Waals surface area contributed by atoms with Crippen LogP contribution in [0.4, 0.5) is 17.1 Å². The molecule has 0 saturated heterocycles. The van der Waals surface area contributed by atoms with Gasteiger partial charge in [0.25, 0.3) is 0 Å². The second-order valence-electron chi connectivity index (χ2n) is 10.0. The predicted molar refractivity (Wildman–Crippen MR) is 155 cm³/mol. The Bertz CT molecular complexity index is 2070. The fraction of sp³-hybridized carbons (Fsp3) is 0. The van der Waals surface area contributed by atoms with Crippen molar-refractivity contribution < 1.29 is 23.0 Å². The van der Waals surface area contributed by atoms with Crippen molar-refractivity contribution in [3.05, 3.63) is 89.4 Å². The van der Waals surface area contributed by atoms with Crippen molar-refractivity contribution in [2.45, 2.75) is 0 Å². The normalized spacial score (nSPS) is 13.5. The number of anilines is 3. The van der Waals surface area contributed by atoms with Gasteiger partial charge in [0.1, 0.15) is 28.1 Å². The minimum Gasteiger partial charge on any atom is -0.453 e. The number of para-hydroxylation sites is 4. The van der Waals surface area contributed by atoms with Crippen LogP contribution in [0.3, 0.4) is 0 Å². The molecule has 0 bridgehead atoms. The molecule has 7 aromatic rings. The monoisotopic (exact) mass is 599 g/mol. The Kier molecular flexibility index (Phi) is 3.92. The fourth-order valence-corrected chi connectivity index (χ4v) is 6.19. The molecule has 0 radical (unpaired) electrons. The topological polar surface area (TPSA) is 83.0 Å². The molecule has 10 rings (SSSR count). The van der Waals surface area contributed by atoms with Gasteiger partial charge in [0.05, 0.1) is 0 Å². The Morgan fingerprint density at radius 3 is 1.32 bits per heavy atom. The molecule has 5 heterocycles. The highest BCUT2D eigenvalue weighted by Crippen LogP contribution is 2.67. The van der Waals surface area contributed by atoms with Crippen molar-refractivity contribution in [1.82, 2.24) is 9.97 Å². The number of ether oxygens (including phenoxy) is 3. The molecule has 3 aliphatic rings. The molecule has 0 spiro atoms. The molecular weight excluding hydrogens is 586 g/mol. The number of hydrogen-bond acceptors (Lipinski definition) is 8. The molecule has 0 atom stereocenters. The lowest BCUT2D eigenvalue weighted by atomic mass is 10.0. The average molecular weight is 600 g/mol. The van der Waals surface area contributed by atoms with Crippen LogP contribution in [0.15, 0.2) is 98.2 Å². The second kappa shape index (κ2) is 7.47. The van der Waals surface area contributed by atoms with E-state index in [1.807, 2.05) is 84.9 Å². The first kappa shape index (κ1) is 21.5. The molecule has 41 heavy (non-hydrogen) atoms. The van der Waals surface area contributed by atoms with Crippen LogP contribution in [-0.4, -0.2) is 9.97 Å². The van der Waals surface area contributed by atoms with Crippen LogP contribution >= 0.6 is 15.9 Å². The zero-order valence-electron chi connectivity index (χ0n) is 20.8. The average Bonchev–Trinajstić information content (AvgIpc) is 3.61.